The van der Waals surface area contributed by atoms with Crippen molar-refractivity contribution in [3.8, 4) is 0 Å². The minimum Gasteiger partial charge on any atom is -0.341 e. The summed E-state index contributed by atoms with van der Waals surface area (Å²) in [6, 6.07) is 2.13. The van der Waals surface area contributed by atoms with E-state index in [0.29, 0.717) is 5.91 Å². The number of thiophene rings is 1. The van der Waals surface area contributed by atoms with Crippen LogP contribution in [0.4, 0.5) is 0 Å². The minimum atomic E-state index is 0.333. The fourth-order valence-electron chi connectivity index (χ4n) is 2.11. The summed E-state index contributed by atoms with van der Waals surface area (Å²) in [7, 11) is 0. The van der Waals surface area contributed by atoms with Gasteiger partial charge in [0.25, 0.3) is 0 Å². The highest BCUT2D eigenvalue weighted by Crippen LogP contribution is 2.10. The molecule has 0 bridgehead atoms. The standard InChI is InChI=1S/C13H20N2OS/c16-13-4-2-1-3-7-15(13)8-6-14-10-12-5-9-17-11-12/h5,9,11,14H,1-4,6-8,10H2. The monoisotopic (exact) mass is 252 g/mol. The molecule has 94 valence electrons. The van der Waals surface area contributed by atoms with Crippen molar-refractivity contribution in [2.75, 3.05) is 19.6 Å². The summed E-state index contributed by atoms with van der Waals surface area (Å²) >= 11 is 1.72. The maximum absolute atomic E-state index is 11.7. The lowest BCUT2D eigenvalue weighted by molar-refractivity contribution is -0.130. The van der Waals surface area contributed by atoms with E-state index in [4.69, 9.17) is 0 Å². The van der Waals surface area contributed by atoms with Gasteiger partial charge in [-0.15, -0.1) is 0 Å². The van der Waals surface area contributed by atoms with Crippen molar-refractivity contribution in [2.24, 2.45) is 0 Å². The molecule has 0 aliphatic carbocycles. The Kier molecular flexibility index (Phi) is 5.01. The molecule has 3 nitrogen and oxygen atoms in total. The van der Waals surface area contributed by atoms with Crippen LogP contribution in [-0.4, -0.2) is 30.4 Å². The lowest BCUT2D eigenvalue weighted by atomic mass is 10.2. The van der Waals surface area contributed by atoms with Gasteiger partial charge < -0.3 is 10.2 Å². The van der Waals surface area contributed by atoms with Crippen molar-refractivity contribution in [3.63, 3.8) is 0 Å². The van der Waals surface area contributed by atoms with Crippen molar-refractivity contribution in [1.82, 2.24) is 10.2 Å². The highest BCUT2D eigenvalue weighted by molar-refractivity contribution is 7.07. The third-order valence-electron chi connectivity index (χ3n) is 3.14. The second-order valence-corrected chi connectivity index (χ2v) is 5.28. The Balaban J connectivity index is 1.65. The summed E-state index contributed by atoms with van der Waals surface area (Å²) in [6.07, 6.45) is 4.17. The number of amides is 1. The van der Waals surface area contributed by atoms with E-state index in [9.17, 15) is 4.79 Å². The van der Waals surface area contributed by atoms with Gasteiger partial charge in [-0.2, -0.15) is 11.3 Å². The number of carbonyl (C=O) groups is 1. The molecular weight excluding hydrogens is 232 g/mol. The Morgan fingerprint density at radius 3 is 3.12 bits per heavy atom. The molecule has 0 saturated carbocycles. The van der Waals surface area contributed by atoms with E-state index in [1.54, 1.807) is 11.3 Å². The molecule has 0 atom stereocenters. The Hall–Kier alpha value is -0.870. The van der Waals surface area contributed by atoms with Crippen LogP contribution in [-0.2, 0) is 11.3 Å². The minimum absolute atomic E-state index is 0.333. The molecule has 0 radical (unpaired) electrons. The predicted octanol–water partition coefficient (Wildman–Crippen LogP) is 2.24. The van der Waals surface area contributed by atoms with Gasteiger partial charge >= 0.3 is 0 Å². The first-order valence-electron chi connectivity index (χ1n) is 6.36. The lowest BCUT2D eigenvalue weighted by Crippen LogP contribution is -2.36. The number of carbonyl (C=O) groups excluding carboxylic acids is 1. The molecule has 0 spiro atoms. The van der Waals surface area contributed by atoms with Gasteiger partial charge in [-0.05, 0) is 35.2 Å². The van der Waals surface area contributed by atoms with Crippen LogP contribution >= 0.6 is 11.3 Å². The third kappa shape index (κ3) is 4.13. The summed E-state index contributed by atoms with van der Waals surface area (Å²) < 4.78 is 0. The maximum Gasteiger partial charge on any atom is 0.222 e. The zero-order valence-electron chi connectivity index (χ0n) is 10.2. The van der Waals surface area contributed by atoms with Crippen molar-refractivity contribution in [2.45, 2.75) is 32.2 Å². The van der Waals surface area contributed by atoms with Crippen LogP contribution < -0.4 is 5.32 Å². The van der Waals surface area contributed by atoms with Gasteiger partial charge in [-0.1, -0.05) is 6.42 Å². The van der Waals surface area contributed by atoms with E-state index in [-0.39, 0.29) is 0 Å². The van der Waals surface area contributed by atoms with Crippen LogP contribution in [0.5, 0.6) is 0 Å². The summed E-state index contributed by atoms with van der Waals surface area (Å²) in [4.78, 5) is 13.7. The third-order valence-corrected chi connectivity index (χ3v) is 3.87. The molecule has 1 aromatic heterocycles. The van der Waals surface area contributed by atoms with E-state index in [1.165, 1.54) is 12.0 Å². The Morgan fingerprint density at radius 1 is 1.35 bits per heavy atom. The number of nitrogens with one attached hydrogen (secondary N) is 1. The Bertz CT molecular complexity index is 337. The Morgan fingerprint density at radius 2 is 2.29 bits per heavy atom. The SMILES string of the molecule is O=C1CCCCCN1CCNCc1ccsc1. The average Bonchev–Trinajstić information content (AvgIpc) is 2.76. The van der Waals surface area contributed by atoms with E-state index >= 15 is 0 Å². The molecule has 17 heavy (non-hydrogen) atoms. The molecule has 0 aromatic carbocycles. The van der Waals surface area contributed by atoms with Crippen molar-refractivity contribution in [1.29, 1.82) is 0 Å². The fraction of sp³-hybridized carbons (Fsp3) is 0.615. The topological polar surface area (TPSA) is 32.3 Å². The fourth-order valence-corrected chi connectivity index (χ4v) is 2.78. The highest BCUT2D eigenvalue weighted by atomic mass is 32.1. The van der Waals surface area contributed by atoms with E-state index in [1.807, 2.05) is 4.90 Å². The van der Waals surface area contributed by atoms with E-state index < -0.39 is 0 Å². The van der Waals surface area contributed by atoms with Crippen molar-refractivity contribution < 1.29 is 4.79 Å². The summed E-state index contributed by atoms with van der Waals surface area (Å²) in [5, 5.41) is 7.64. The molecule has 1 aliphatic heterocycles. The van der Waals surface area contributed by atoms with Crippen LogP contribution in [0.1, 0.15) is 31.2 Å². The zero-order valence-corrected chi connectivity index (χ0v) is 11.0. The van der Waals surface area contributed by atoms with Crippen LogP contribution in [0.2, 0.25) is 0 Å². The quantitative estimate of drug-likeness (QED) is 0.815. The highest BCUT2D eigenvalue weighted by Gasteiger charge is 2.15. The smallest absolute Gasteiger partial charge is 0.222 e. The first kappa shape index (κ1) is 12.6. The summed E-state index contributed by atoms with van der Waals surface area (Å²) in [6.45, 7) is 3.59. The second kappa shape index (κ2) is 6.77. The van der Waals surface area contributed by atoms with Crippen LogP contribution in [0.25, 0.3) is 0 Å². The molecule has 1 aromatic rings. The summed E-state index contributed by atoms with van der Waals surface area (Å²) in [5.74, 6) is 0.333. The molecule has 2 heterocycles. The van der Waals surface area contributed by atoms with Gasteiger partial charge in [0.1, 0.15) is 0 Å². The van der Waals surface area contributed by atoms with Crippen LogP contribution in [0.3, 0.4) is 0 Å². The number of rotatable bonds is 5. The van der Waals surface area contributed by atoms with Crippen LogP contribution in [0.15, 0.2) is 16.8 Å². The molecule has 2 rings (SSSR count). The molecule has 1 N–H and O–H groups in total. The van der Waals surface area contributed by atoms with E-state index in [2.05, 4.69) is 22.1 Å². The molecular formula is C13H20N2OS. The maximum atomic E-state index is 11.7. The predicted molar refractivity (Wildman–Crippen MR) is 71.1 cm³/mol. The van der Waals surface area contributed by atoms with Crippen LogP contribution in [0, 0.1) is 0 Å². The zero-order chi connectivity index (χ0) is 11.9. The van der Waals surface area contributed by atoms with Crippen molar-refractivity contribution >= 4 is 17.2 Å². The molecule has 0 unspecified atom stereocenters. The molecule has 1 aliphatic rings. The molecule has 1 saturated heterocycles. The number of hydrogen-bond acceptors (Lipinski definition) is 3. The second-order valence-electron chi connectivity index (χ2n) is 4.50. The van der Waals surface area contributed by atoms with Gasteiger partial charge in [-0.3, -0.25) is 4.79 Å². The number of nitrogens with zero attached hydrogens (tertiary/aromatic N) is 1. The van der Waals surface area contributed by atoms with Gasteiger partial charge in [0, 0.05) is 32.6 Å². The van der Waals surface area contributed by atoms with Crippen molar-refractivity contribution in [3.05, 3.63) is 22.4 Å². The molecule has 1 amide bonds. The number of hydrogen-bond donors (Lipinski definition) is 1. The lowest BCUT2D eigenvalue weighted by Gasteiger charge is -2.20. The van der Waals surface area contributed by atoms with Gasteiger partial charge in [0.2, 0.25) is 5.91 Å². The molecule has 4 heteroatoms. The molecule has 1 fully saturated rings. The number of likely N-dealkylation sites (tertiary alicyclic amines) is 1. The summed E-state index contributed by atoms with van der Waals surface area (Å²) in [5.41, 5.74) is 1.33. The normalized spacial score (nSPS) is 17.2. The van der Waals surface area contributed by atoms with Gasteiger partial charge in [0.15, 0.2) is 0 Å². The first-order valence-corrected chi connectivity index (χ1v) is 7.30. The largest absolute Gasteiger partial charge is 0.341 e. The Labute approximate surface area is 107 Å². The average molecular weight is 252 g/mol. The first-order chi connectivity index (χ1) is 8.36. The van der Waals surface area contributed by atoms with E-state index in [0.717, 1.165) is 45.4 Å². The van der Waals surface area contributed by atoms with Gasteiger partial charge in [0.05, 0.1) is 0 Å². The van der Waals surface area contributed by atoms with Gasteiger partial charge in [-0.25, -0.2) is 0 Å².